The lowest BCUT2D eigenvalue weighted by molar-refractivity contribution is 0.0710. The van der Waals surface area contributed by atoms with Crippen molar-refractivity contribution < 1.29 is 9.59 Å². The predicted molar refractivity (Wildman–Crippen MR) is 96.3 cm³/mol. The summed E-state index contributed by atoms with van der Waals surface area (Å²) in [6, 6.07) is -0.344. The zero-order valence-corrected chi connectivity index (χ0v) is 15.2. The second-order valence-corrected chi connectivity index (χ2v) is 7.24. The first-order chi connectivity index (χ1) is 12.6. The fourth-order valence-corrected chi connectivity index (χ4v) is 4.32. The first-order valence-corrected chi connectivity index (χ1v) is 9.63. The molecular formula is C18H25N5O3. The van der Waals surface area contributed by atoms with Crippen molar-refractivity contribution in [2.24, 2.45) is 0 Å². The molecule has 1 atom stereocenters. The number of urea groups is 1. The normalized spacial score (nSPS) is 22.9. The standard InChI is InChI=1S/C18H25N5O3/c1-2-22-15-13(12-8-4-7-11-23(12)18(22)26)16(24)20-14(19-15)17(25)21-9-5-3-6-10-21/h12H,2-11H2,1H3,(H,19,20,24). The van der Waals surface area contributed by atoms with Gasteiger partial charge in [0, 0.05) is 26.2 Å². The SMILES string of the molecule is CCN1C(=O)N2CCCCC2c2c1nc(C(=O)N1CCCCC1)[nH]c2=O. The molecule has 0 spiro atoms. The van der Waals surface area contributed by atoms with Crippen molar-refractivity contribution in [3.05, 3.63) is 21.7 Å². The molecule has 1 aromatic heterocycles. The molecule has 0 radical (unpaired) electrons. The number of carbonyl (C=O) groups excluding carboxylic acids is 2. The van der Waals surface area contributed by atoms with E-state index in [4.69, 9.17) is 0 Å². The molecule has 1 N–H and O–H groups in total. The predicted octanol–water partition coefficient (Wildman–Crippen LogP) is 1.88. The molecule has 2 saturated heterocycles. The monoisotopic (exact) mass is 359 g/mol. The van der Waals surface area contributed by atoms with Crippen LogP contribution in [-0.4, -0.2) is 57.9 Å². The first-order valence-electron chi connectivity index (χ1n) is 9.63. The number of amides is 3. The number of rotatable bonds is 2. The maximum Gasteiger partial charge on any atom is 0.326 e. The summed E-state index contributed by atoms with van der Waals surface area (Å²) in [5.41, 5.74) is 0.236. The van der Waals surface area contributed by atoms with Crippen LogP contribution in [0.25, 0.3) is 0 Å². The van der Waals surface area contributed by atoms with Crippen molar-refractivity contribution >= 4 is 17.8 Å². The number of carbonyl (C=O) groups is 2. The van der Waals surface area contributed by atoms with Crippen LogP contribution in [-0.2, 0) is 0 Å². The van der Waals surface area contributed by atoms with E-state index in [0.29, 0.717) is 37.6 Å². The molecular weight excluding hydrogens is 334 g/mol. The fraction of sp³-hybridized carbons (Fsp3) is 0.667. The molecule has 3 aliphatic rings. The Bertz CT molecular complexity index is 784. The molecule has 4 heterocycles. The maximum absolute atomic E-state index is 12.9. The zero-order valence-electron chi connectivity index (χ0n) is 15.2. The van der Waals surface area contributed by atoms with Crippen LogP contribution in [0.2, 0.25) is 0 Å². The van der Waals surface area contributed by atoms with Crippen LogP contribution in [0.1, 0.15) is 67.7 Å². The molecule has 140 valence electrons. The summed E-state index contributed by atoms with van der Waals surface area (Å²) in [5.74, 6) is 0.162. The van der Waals surface area contributed by atoms with Crippen molar-refractivity contribution in [1.82, 2.24) is 19.8 Å². The number of hydrogen-bond donors (Lipinski definition) is 1. The van der Waals surface area contributed by atoms with Crippen LogP contribution in [0.15, 0.2) is 4.79 Å². The number of likely N-dealkylation sites (tertiary alicyclic amines) is 1. The third kappa shape index (κ3) is 2.68. The highest BCUT2D eigenvalue weighted by Crippen LogP contribution is 2.38. The Labute approximate surface area is 152 Å². The number of fused-ring (bicyclic) bond motifs is 3. The maximum atomic E-state index is 12.9. The largest absolute Gasteiger partial charge is 0.336 e. The van der Waals surface area contributed by atoms with E-state index in [0.717, 1.165) is 38.5 Å². The van der Waals surface area contributed by atoms with E-state index in [2.05, 4.69) is 9.97 Å². The van der Waals surface area contributed by atoms with Gasteiger partial charge in [-0.3, -0.25) is 14.5 Å². The van der Waals surface area contributed by atoms with Gasteiger partial charge in [-0.15, -0.1) is 0 Å². The van der Waals surface area contributed by atoms with Crippen molar-refractivity contribution in [2.75, 3.05) is 31.1 Å². The summed E-state index contributed by atoms with van der Waals surface area (Å²) >= 11 is 0. The van der Waals surface area contributed by atoms with Crippen molar-refractivity contribution in [2.45, 2.75) is 51.5 Å². The molecule has 1 unspecified atom stereocenters. The highest BCUT2D eigenvalue weighted by molar-refractivity contribution is 5.96. The molecule has 1 aromatic rings. The minimum atomic E-state index is -0.293. The minimum absolute atomic E-state index is 0.0474. The van der Waals surface area contributed by atoms with E-state index in [-0.39, 0.29) is 29.4 Å². The van der Waals surface area contributed by atoms with Crippen molar-refractivity contribution in [3.8, 4) is 0 Å². The van der Waals surface area contributed by atoms with E-state index in [9.17, 15) is 14.4 Å². The van der Waals surface area contributed by atoms with Gasteiger partial charge in [0.25, 0.3) is 11.5 Å². The van der Waals surface area contributed by atoms with Gasteiger partial charge in [-0.05, 0) is 45.4 Å². The van der Waals surface area contributed by atoms with Gasteiger partial charge >= 0.3 is 6.03 Å². The molecule has 0 aromatic carbocycles. The molecule has 3 aliphatic heterocycles. The Balaban J connectivity index is 1.77. The van der Waals surface area contributed by atoms with Gasteiger partial charge < -0.3 is 14.8 Å². The third-order valence-corrected chi connectivity index (χ3v) is 5.67. The lowest BCUT2D eigenvalue weighted by Gasteiger charge is -2.43. The molecule has 8 heteroatoms. The van der Waals surface area contributed by atoms with Gasteiger partial charge in [-0.1, -0.05) is 0 Å². The molecule has 26 heavy (non-hydrogen) atoms. The average Bonchev–Trinajstić information content (AvgIpc) is 2.68. The highest BCUT2D eigenvalue weighted by atomic mass is 16.2. The Morgan fingerprint density at radius 2 is 1.85 bits per heavy atom. The topological polar surface area (TPSA) is 89.6 Å². The summed E-state index contributed by atoms with van der Waals surface area (Å²) in [6.45, 7) is 4.32. The van der Waals surface area contributed by atoms with Crippen molar-refractivity contribution in [3.63, 3.8) is 0 Å². The minimum Gasteiger partial charge on any atom is -0.336 e. The summed E-state index contributed by atoms with van der Waals surface area (Å²) in [4.78, 5) is 50.7. The smallest absolute Gasteiger partial charge is 0.326 e. The van der Waals surface area contributed by atoms with Crippen molar-refractivity contribution in [1.29, 1.82) is 0 Å². The lowest BCUT2D eigenvalue weighted by Crippen LogP contribution is -2.53. The lowest BCUT2D eigenvalue weighted by atomic mass is 9.94. The highest BCUT2D eigenvalue weighted by Gasteiger charge is 2.41. The van der Waals surface area contributed by atoms with Gasteiger partial charge in [0.05, 0.1) is 11.6 Å². The van der Waals surface area contributed by atoms with Gasteiger partial charge in [0.2, 0.25) is 5.82 Å². The third-order valence-electron chi connectivity index (χ3n) is 5.67. The molecule has 0 saturated carbocycles. The first kappa shape index (κ1) is 17.1. The van der Waals surface area contributed by atoms with Gasteiger partial charge in [-0.25, -0.2) is 9.78 Å². The van der Waals surface area contributed by atoms with E-state index < -0.39 is 0 Å². The van der Waals surface area contributed by atoms with Gasteiger partial charge in [-0.2, -0.15) is 0 Å². The van der Waals surface area contributed by atoms with Gasteiger partial charge in [0.1, 0.15) is 5.82 Å². The summed E-state index contributed by atoms with van der Waals surface area (Å²) in [5, 5.41) is 0. The second-order valence-electron chi connectivity index (χ2n) is 7.24. The average molecular weight is 359 g/mol. The molecule has 2 fully saturated rings. The zero-order chi connectivity index (χ0) is 18.3. The Morgan fingerprint density at radius 3 is 2.58 bits per heavy atom. The Kier molecular flexibility index (Phi) is 4.42. The van der Waals surface area contributed by atoms with Crippen LogP contribution in [0.3, 0.4) is 0 Å². The van der Waals surface area contributed by atoms with E-state index in [1.165, 1.54) is 4.90 Å². The number of aromatic amines is 1. The number of nitrogens with one attached hydrogen (secondary N) is 1. The Hall–Kier alpha value is -2.38. The molecule has 3 amide bonds. The van der Waals surface area contributed by atoms with Crippen LogP contribution >= 0.6 is 0 Å². The number of piperidine rings is 2. The number of H-pyrrole nitrogens is 1. The fourth-order valence-electron chi connectivity index (χ4n) is 4.32. The summed E-state index contributed by atoms with van der Waals surface area (Å²) < 4.78 is 0. The van der Waals surface area contributed by atoms with Crippen LogP contribution in [0.5, 0.6) is 0 Å². The van der Waals surface area contributed by atoms with Crippen LogP contribution < -0.4 is 10.5 Å². The van der Waals surface area contributed by atoms with E-state index in [1.54, 1.807) is 9.80 Å². The molecule has 0 aliphatic carbocycles. The van der Waals surface area contributed by atoms with Crippen LogP contribution in [0, 0.1) is 0 Å². The van der Waals surface area contributed by atoms with E-state index in [1.807, 2.05) is 6.92 Å². The second kappa shape index (κ2) is 6.74. The molecule has 0 bridgehead atoms. The molecule has 4 rings (SSSR count). The van der Waals surface area contributed by atoms with Gasteiger partial charge in [0.15, 0.2) is 0 Å². The number of anilines is 1. The Morgan fingerprint density at radius 1 is 1.12 bits per heavy atom. The number of hydrogen-bond acceptors (Lipinski definition) is 4. The summed E-state index contributed by atoms with van der Waals surface area (Å²) in [7, 11) is 0. The van der Waals surface area contributed by atoms with E-state index >= 15 is 0 Å². The molecule has 8 nitrogen and oxygen atoms in total. The van der Waals surface area contributed by atoms with Crippen LogP contribution in [0.4, 0.5) is 10.6 Å². The quantitative estimate of drug-likeness (QED) is 0.873. The number of aromatic nitrogens is 2. The summed E-state index contributed by atoms with van der Waals surface area (Å²) in [6.07, 6.45) is 5.75. The number of nitrogens with zero attached hydrogens (tertiary/aromatic N) is 4.